The number of allylic oxidation sites excluding steroid dienone is 4. The lowest BCUT2D eigenvalue weighted by atomic mass is 9.92. The van der Waals surface area contributed by atoms with Gasteiger partial charge in [0.25, 0.3) is 0 Å². The monoisotopic (exact) mass is 718 g/mol. The third kappa shape index (κ3) is 7.46. The molecule has 0 N–H and O–H groups in total. The number of hydrogen-bond acceptors (Lipinski definition) is 2. The van der Waals surface area contributed by atoms with Crippen molar-refractivity contribution in [2.24, 2.45) is 0 Å². The largest absolute Gasteiger partial charge is 0.311 e. The van der Waals surface area contributed by atoms with Gasteiger partial charge in [-0.05, 0) is 118 Å². The van der Waals surface area contributed by atoms with E-state index in [9.17, 15) is 0 Å². The van der Waals surface area contributed by atoms with Gasteiger partial charge in [0.05, 0.1) is 0 Å². The van der Waals surface area contributed by atoms with E-state index in [2.05, 4.69) is 246 Å². The zero-order chi connectivity index (χ0) is 37.5. The number of anilines is 6. The highest BCUT2D eigenvalue weighted by atomic mass is 15.1. The third-order valence-electron chi connectivity index (χ3n) is 10.6. The Kier molecular flexibility index (Phi) is 9.92. The van der Waals surface area contributed by atoms with E-state index in [0.29, 0.717) is 5.92 Å². The van der Waals surface area contributed by atoms with Crippen molar-refractivity contribution >= 4 is 34.1 Å². The molecule has 0 aliphatic heterocycles. The average molecular weight is 719 g/mol. The summed E-state index contributed by atoms with van der Waals surface area (Å²) in [5.74, 6) is 0.415. The smallest absolute Gasteiger partial charge is 0.0462 e. The lowest BCUT2D eigenvalue weighted by molar-refractivity contribution is 0.854. The molecule has 0 amide bonds. The number of para-hydroxylation sites is 1. The van der Waals surface area contributed by atoms with Crippen LogP contribution in [0.4, 0.5) is 34.1 Å². The molecule has 268 valence electrons. The molecular weight excluding hydrogens is 677 g/mol. The summed E-state index contributed by atoms with van der Waals surface area (Å²) >= 11 is 0. The van der Waals surface area contributed by atoms with Crippen molar-refractivity contribution in [1.29, 1.82) is 0 Å². The summed E-state index contributed by atoms with van der Waals surface area (Å²) in [6, 6.07) is 76.3. The van der Waals surface area contributed by atoms with Gasteiger partial charge < -0.3 is 9.80 Å². The number of rotatable bonds is 10. The molecule has 0 heterocycles. The van der Waals surface area contributed by atoms with Crippen molar-refractivity contribution in [3.8, 4) is 33.4 Å². The molecule has 0 aromatic heterocycles. The zero-order valence-corrected chi connectivity index (χ0v) is 31.2. The molecule has 1 aliphatic carbocycles. The minimum atomic E-state index is 0.415. The molecule has 1 atom stereocenters. The second-order valence-electron chi connectivity index (χ2n) is 14.2. The van der Waals surface area contributed by atoms with Gasteiger partial charge in [0.1, 0.15) is 0 Å². The molecule has 2 heteroatoms. The Bertz CT molecular complexity index is 2540. The standard InChI is InChI=1S/C54H42N2/c1-5-13-41(14-6-1)44-21-31-50(32-22-44)55(49-19-11-4-12-20-49)51-37-27-47(28-38-51)48-29-39-54(40-30-48)56(52-33-23-45(24-34-52)42-15-7-2-8-16-42)53-35-25-46(26-36-53)43-17-9-3-10-18-43/h1-17,19-40,43H,18H2. The van der Waals surface area contributed by atoms with Crippen LogP contribution in [0.15, 0.2) is 237 Å². The van der Waals surface area contributed by atoms with E-state index in [1.165, 1.54) is 38.9 Å². The van der Waals surface area contributed by atoms with Crippen LogP contribution < -0.4 is 9.80 Å². The van der Waals surface area contributed by atoms with E-state index in [1.807, 2.05) is 0 Å². The molecule has 1 unspecified atom stereocenters. The van der Waals surface area contributed by atoms with Gasteiger partial charge in [0.15, 0.2) is 0 Å². The maximum atomic E-state index is 2.35. The Morgan fingerprint density at radius 2 is 0.589 bits per heavy atom. The quantitative estimate of drug-likeness (QED) is 0.139. The number of benzene rings is 8. The van der Waals surface area contributed by atoms with E-state index in [4.69, 9.17) is 0 Å². The van der Waals surface area contributed by atoms with Crippen LogP contribution in [-0.2, 0) is 0 Å². The van der Waals surface area contributed by atoms with Gasteiger partial charge in [-0.3, -0.25) is 0 Å². The summed E-state index contributed by atoms with van der Waals surface area (Å²) < 4.78 is 0. The lowest BCUT2D eigenvalue weighted by Gasteiger charge is -2.27. The summed E-state index contributed by atoms with van der Waals surface area (Å²) in [4.78, 5) is 4.66. The Labute approximate surface area is 330 Å². The predicted molar refractivity (Wildman–Crippen MR) is 238 cm³/mol. The molecule has 0 saturated heterocycles. The highest BCUT2D eigenvalue weighted by Crippen LogP contribution is 2.40. The van der Waals surface area contributed by atoms with Gasteiger partial charge in [-0.15, -0.1) is 0 Å². The van der Waals surface area contributed by atoms with Gasteiger partial charge >= 0.3 is 0 Å². The Balaban J connectivity index is 1.01. The summed E-state index contributed by atoms with van der Waals surface area (Å²) in [5.41, 5.74) is 15.2. The fraction of sp³-hybridized carbons (Fsp3) is 0.0370. The third-order valence-corrected chi connectivity index (χ3v) is 10.6. The molecule has 0 fully saturated rings. The van der Waals surface area contributed by atoms with Crippen LogP contribution in [-0.4, -0.2) is 0 Å². The number of nitrogens with zero attached hydrogens (tertiary/aromatic N) is 2. The van der Waals surface area contributed by atoms with Gasteiger partial charge in [-0.2, -0.15) is 0 Å². The van der Waals surface area contributed by atoms with Crippen molar-refractivity contribution in [3.05, 3.63) is 242 Å². The van der Waals surface area contributed by atoms with Crippen LogP contribution in [0.3, 0.4) is 0 Å². The topological polar surface area (TPSA) is 6.48 Å². The van der Waals surface area contributed by atoms with E-state index >= 15 is 0 Å². The SMILES string of the molecule is C1=CCC(c2ccc(N(c3ccc(-c4ccccc4)cc3)c3ccc(-c4ccc(N(c5ccccc5)c5ccc(-c6ccccc6)cc5)cc4)cc3)cc2)C=C1. The highest BCUT2D eigenvalue weighted by Gasteiger charge is 2.16. The van der Waals surface area contributed by atoms with Crippen molar-refractivity contribution in [3.63, 3.8) is 0 Å². The van der Waals surface area contributed by atoms with Crippen molar-refractivity contribution in [2.75, 3.05) is 9.80 Å². The fourth-order valence-corrected chi connectivity index (χ4v) is 7.64. The van der Waals surface area contributed by atoms with Gasteiger partial charge in [0, 0.05) is 40.0 Å². The number of hydrogen-bond donors (Lipinski definition) is 0. The first-order valence-electron chi connectivity index (χ1n) is 19.4. The van der Waals surface area contributed by atoms with E-state index < -0.39 is 0 Å². The van der Waals surface area contributed by atoms with E-state index in [0.717, 1.165) is 40.5 Å². The van der Waals surface area contributed by atoms with Crippen molar-refractivity contribution < 1.29 is 0 Å². The minimum Gasteiger partial charge on any atom is -0.311 e. The van der Waals surface area contributed by atoms with Crippen LogP contribution in [0.2, 0.25) is 0 Å². The second kappa shape index (κ2) is 16.1. The van der Waals surface area contributed by atoms with Crippen LogP contribution in [0, 0.1) is 0 Å². The normalized spacial score (nSPS) is 13.3. The summed E-state index contributed by atoms with van der Waals surface area (Å²) in [6.45, 7) is 0. The first-order chi connectivity index (χ1) is 27.8. The first-order valence-corrected chi connectivity index (χ1v) is 19.4. The molecule has 1 aliphatic rings. The molecule has 56 heavy (non-hydrogen) atoms. The van der Waals surface area contributed by atoms with Gasteiger partial charge in [-0.1, -0.05) is 164 Å². The molecule has 0 radical (unpaired) electrons. The molecule has 0 bridgehead atoms. The maximum Gasteiger partial charge on any atom is 0.0462 e. The van der Waals surface area contributed by atoms with Crippen LogP contribution >= 0.6 is 0 Å². The first kappa shape index (κ1) is 34.6. The van der Waals surface area contributed by atoms with E-state index in [1.54, 1.807) is 0 Å². The van der Waals surface area contributed by atoms with Gasteiger partial charge in [-0.25, -0.2) is 0 Å². The maximum absolute atomic E-state index is 2.35. The Morgan fingerprint density at radius 1 is 0.286 bits per heavy atom. The fourth-order valence-electron chi connectivity index (χ4n) is 7.64. The molecule has 2 nitrogen and oxygen atoms in total. The molecular formula is C54H42N2. The van der Waals surface area contributed by atoms with Crippen LogP contribution in [0.1, 0.15) is 17.9 Å². The van der Waals surface area contributed by atoms with E-state index in [-0.39, 0.29) is 0 Å². The Hall–Kier alpha value is -7.16. The molecule has 9 rings (SSSR count). The summed E-state index contributed by atoms with van der Waals surface area (Å²) in [7, 11) is 0. The highest BCUT2D eigenvalue weighted by molar-refractivity contribution is 5.82. The molecule has 0 spiro atoms. The second-order valence-corrected chi connectivity index (χ2v) is 14.2. The summed E-state index contributed by atoms with van der Waals surface area (Å²) in [5, 5.41) is 0. The lowest BCUT2D eigenvalue weighted by Crippen LogP contribution is -2.10. The summed E-state index contributed by atoms with van der Waals surface area (Å²) in [6.07, 6.45) is 9.87. The minimum absolute atomic E-state index is 0.415. The van der Waals surface area contributed by atoms with Gasteiger partial charge in [0.2, 0.25) is 0 Å². The predicted octanol–water partition coefficient (Wildman–Crippen LogP) is 15.2. The molecule has 0 saturated carbocycles. The van der Waals surface area contributed by atoms with Crippen LogP contribution in [0.5, 0.6) is 0 Å². The van der Waals surface area contributed by atoms with Crippen molar-refractivity contribution in [2.45, 2.75) is 12.3 Å². The van der Waals surface area contributed by atoms with Crippen LogP contribution in [0.25, 0.3) is 33.4 Å². The molecule has 8 aromatic carbocycles. The molecule has 8 aromatic rings. The van der Waals surface area contributed by atoms with Crippen molar-refractivity contribution in [1.82, 2.24) is 0 Å². The average Bonchev–Trinajstić information content (AvgIpc) is 3.29. The Morgan fingerprint density at radius 3 is 0.929 bits per heavy atom. The zero-order valence-electron chi connectivity index (χ0n) is 31.2.